The number of hydrogen-bond donors (Lipinski definition) is 0. The Morgan fingerprint density at radius 2 is 1.67 bits per heavy atom. The molecule has 0 bridgehead atoms. The fourth-order valence-corrected chi connectivity index (χ4v) is 2.40. The summed E-state index contributed by atoms with van der Waals surface area (Å²) in [5.41, 5.74) is 3.53. The molecule has 18 heavy (non-hydrogen) atoms. The van der Waals surface area contributed by atoms with Crippen molar-refractivity contribution in [1.29, 1.82) is 0 Å². The molecule has 0 radical (unpaired) electrons. The topological polar surface area (TPSA) is 14.2 Å². The first-order valence-corrected chi connectivity index (χ1v) is 5.99. The molecule has 0 fully saturated rings. The zero-order valence-electron chi connectivity index (χ0n) is 10.6. The smallest absolute Gasteiger partial charge is 0.128 e. The van der Waals surface area contributed by atoms with Crippen molar-refractivity contribution in [2.24, 2.45) is 7.05 Å². The van der Waals surface area contributed by atoms with E-state index < -0.39 is 0 Å². The van der Waals surface area contributed by atoms with E-state index in [0.717, 1.165) is 11.3 Å². The van der Waals surface area contributed by atoms with Crippen molar-refractivity contribution in [3.05, 3.63) is 54.6 Å². The Balaban J connectivity index is 2.28. The van der Waals surface area contributed by atoms with Crippen LogP contribution in [0.1, 0.15) is 0 Å². The molecular formula is C16H15NO. The number of hydrogen-bond acceptors (Lipinski definition) is 1. The Hall–Kier alpha value is -2.22. The average Bonchev–Trinajstić information content (AvgIpc) is 2.76. The fourth-order valence-electron chi connectivity index (χ4n) is 2.40. The van der Waals surface area contributed by atoms with Gasteiger partial charge in [0.2, 0.25) is 0 Å². The molecule has 0 unspecified atom stereocenters. The van der Waals surface area contributed by atoms with Crippen molar-refractivity contribution in [3.63, 3.8) is 0 Å². The van der Waals surface area contributed by atoms with Gasteiger partial charge in [0.1, 0.15) is 5.75 Å². The van der Waals surface area contributed by atoms with Gasteiger partial charge < -0.3 is 9.30 Å². The monoisotopic (exact) mass is 237 g/mol. The van der Waals surface area contributed by atoms with Crippen molar-refractivity contribution >= 4 is 10.9 Å². The number of rotatable bonds is 2. The molecule has 0 N–H and O–H groups in total. The molecule has 0 atom stereocenters. The molecular weight excluding hydrogens is 222 g/mol. The summed E-state index contributed by atoms with van der Waals surface area (Å²) >= 11 is 0. The summed E-state index contributed by atoms with van der Waals surface area (Å²) in [4.78, 5) is 0. The van der Waals surface area contributed by atoms with E-state index in [4.69, 9.17) is 4.74 Å². The van der Waals surface area contributed by atoms with Gasteiger partial charge in [-0.1, -0.05) is 30.3 Å². The second-order valence-corrected chi connectivity index (χ2v) is 4.35. The van der Waals surface area contributed by atoms with Crippen molar-refractivity contribution in [1.82, 2.24) is 4.57 Å². The van der Waals surface area contributed by atoms with Crippen LogP contribution in [0.25, 0.3) is 22.2 Å². The predicted octanol–water partition coefficient (Wildman–Crippen LogP) is 3.85. The molecule has 1 heterocycles. The molecule has 0 saturated heterocycles. The van der Waals surface area contributed by atoms with Gasteiger partial charge in [-0.3, -0.25) is 0 Å². The van der Waals surface area contributed by atoms with Crippen LogP contribution in [0.15, 0.2) is 54.6 Å². The molecule has 0 aliphatic heterocycles. The summed E-state index contributed by atoms with van der Waals surface area (Å²) in [5, 5.41) is 1.25. The van der Waals surface area contributed by atoms with Gasteiger partial charge in [-0.2, -0.15) is 0 Å². The maximum absolute atomic E-state index is 5.44. The van der Waals surface area contributed by atoms with E-state index in [9.17, 15) is 0 Å². The Kier molecular flexibility index (Phi) is 2.56. The second kappa shape index (κ2) is 4.22. The zero-order valence-corrected chi connectivity index (χ0v) is 10.6. The number of nitrogens with zero attached hydrogens (tertiary/aromatic N) is 1. The number of para-hydroxylation sites is 2. The molecule has 0 spiro atoms. The van der Waals surface area contributed by atoms with Crippen molar-refractivity contribution in [2.75, 3.05) is 7.11 Å². The van der Waals surface area contributed by atoms with Gasteiger partial charge in [0.15, 0.2) is 0 Å². The van der Waals surface area contributed by atoms with Crippen molar-refractivity contribution < 1.29 is 4.74 Å². The highest BCUT2D eigenvalue weighted by molar-refractivity contribution is 5.88. The Labute approximate surface area is 106 Å². The van der Waals surface area contributed by atoms with Gasteiger partial charge in [0.25, 0.3) is 0 Å². The Morgan fingerprint density at radius 1 is 0.944 bits per heavy atom. The first-order chi connectivity index (χ1) is 8.81. The lowest BCUT2D eigenvalue weighted by molar-refractivity contribution is 0.416. The summed E-state index contributed by atoms with van der Waals surface area (Å²) < 4.78 is 7.64. The lowest BCUT2D eigenvalue weighted by Crippen LogP contribution is -1.93. The van der Waals surface area contributed by atoms with Gasteiger partial charge in [-0.15, -0.1) is 0 Å². The predicted molar refractivity (Wildman–Crippen MR) is 74.9 cm³/mol. The molecule has 1 aromatic heterocycles. The van der Waals surface area contributed by atoms with Crippen LogP contribution >= 0.6 is 0 Å². The van der Waals surface area contributed by atoms with Gasteiger partial charge in [0, 0.05) is 23.5 Å². The van der Waals surface area contributed by atoms with Crippen molar-refractivity contribution in [2.45, 2.75) is 0 Å². The quantitative estimate of drug-likeness (QED) is 0.660. The van der Waals surface area contributed by atoms with Crippen molar-refractivity contribution in [3.8, 4) is 17.0 Å². The van der Waals surface area contributed by atoms with Crippen LogP contribution in [0.2, 0.25) is 0 Å². The Bertz CT molecular complexity index is 697. The minimum Gasteiger partial charge on any atom is -0.496 e. The minimum absolute atomic E-state index is 0.906. The molecule has 0 aliphatic rings. The lowest BCUT2D eigenvalue weighted by atomic mass is 10.1. The van der Waals surface area contributed by atoms with E-state index in [0.29, 0.717) is 0 Å². The second-order valence-electron chi connectivity index (χ2n) is 4.35. The van der Waals surface area contributed by atoms with Crippen LogP contribution in [-0.2, 0) is 7.05 Å². The highest BCUT2D eigenvalue weighted by Crippen LogP contribution is 2.33. The highest BCUT2D eigenvalue weighted by Gasteiger charge is 2.10. The maximum atomic E-state index is 5.44. The lowest BCUT2D eigenvalue weighted by Gasteiger charge is -2.09. The summed E-state index contributed by atoms with van der Waals surface area (Å²) in [6.45, 7) is 0. The van der Waals surface area contributed by atoms with Crippen LogP contribution in [0.3, 0.4) is 0 Å². The summed E-state index contributed by atoms with van der Waals surface area (Å²) in [6, 6.07) is 18.7. The Morgan fingerprint density at radius 3 is 2.44 bits per heavy atom. The molecule has 3 rings (SSSR count). The maximum Gasteiger partial charge on any atom is 0.128 e. The number of benzene rings is 2. The van der Waals surface area contributed by atoms with Crippen LogP contribution in [0.5, 0.6) is 5.75 Å². The summed E-state index contributed by atoms with van der Waals surface area (Å²) in [5.74, 6) is 0.906. The number of methoxy groups -OCH3 is 1. The average molecular weight is 237 g/mol. The van der Waals surface area contributed by atoms with Crippen LogP contribution in [0, 0.1) is 0 Å². The van der Waals surface area contributed by atoms with E-state index in [1.807, 2.05) is 18.2 Å². The molecule has 0 amide bonds. The SMILES string of the molecule is COc1ccccc1-c1cc2ccccc2n1C. The third-order valence-electron chi connectivity index (χ3n) is 3.33. The van der Waals surface area contributed by atoms with E-state index >= 15 is 0 Å². The van der Waals surface area contributed by atoms with E-state index in [-0.39, 0.29) is 0 Å². The third-order valence-corrected chi connectivity index (χ3v) is 3.33. The van der Waals surface area contributed by atoms with Crippen LogP contribution in [-0.4, -0.2) is 11.7 Å². The number of aromatic nitrogens is 1. The normalized spacial score (nSPS) is 10.8. The molecule has 90 valence electrons. The van der Waals surface area contributed by atoms with E-state index in [1.165, 1.54) is 16.6 Å². The molecule has 3 aromatic rings. The molecule has 0 saturated carbocycles. The van der Waals surface area contributed by atoms with E-state index in [2.05, 4.69) is 48.0 Å². The standard InChI is InChI=1S/C16H15NO/c1-17-14-9-5-3-7-12(14)11-15(17)13-8-4-6-10-16(13)18-2/h3-11H,1-2H3. The highest BCUT2D eigenvalue weighted by atomic mass is 16.5. The largest absolute Gasteiger partial charge is 0.496 e. The number of ether oxygens (including phenoxy) is 1. The third kappa shape index (κ3) is 1.58. The van der Waals surface area contributed by atoms with E-state index in [1.54, 1.807) is 7.11 Å². The first kappa shape index (κ1) is 10.9. The van der Waals surface area contributed by atoms with Gasteiger partial charge >= 0.3 is 0 Å². The van der Waals surface area contributed by atoms with Gasteiger partial charge in [-0.05, 0) is 24.3 Å². The van der Waals surface area contributed by atoms with Gasteiger partial charge in [0.05, 0.1) is 12.8 Å². The minimum atomic E-state index is 0.906. The van der Waals surface area contributed by atoms with Gasteiger partial charge in [-0.25, -0.2) is 0 Å². The first-order valence-electron chi connectivity index (χ1n) is 5.99. The number of aryl methyl sites for hydroxylation is 1. The number of fused-ring (bicyclic) bond motifs is 1. The molecule has 2 aromatic carbocycles. The summed E-state index contributed by atoms with van der Waals surface area (Å²) in [7, 11) is 3.80. The molecule has 2 heteroatoms. The van der Waals surface area contributed by atoms with Crippen LogP contribution < -0.4 is 4.74 Å². The van der Waals surface area contributed by atoms with Crippen LogP contribution in [0.4, 0.5) is 0 Å². The fraction of sp³-hybridized carbons (Fsp3) is 0.125. The molecule has 0 aliphatic carbocycles. The molecule has 2 nitrogen and oxygen atoms in total. The zero-order chi connectivity index (χ0) is 12.5. The summed E-state index contributed by atoms with van der Waals surface area (Å²) in [6.07, 6.45) is 0.